The van der Waals surface area contributed by atoms with Crippen LogP contribution in [0.1, 0.15) is 25.7 Å². The molecule has 2 atom stereocenters. The van der Waals surface area contributed by atoms with E-state index in [1.165, 1.54) is 12.8 Å². The molecule has 0 heteroatoms. The van der Waals surface area contributed by atoms with Crippen molar-refractivity contribution in [1.82, 2.24) is 0 Å². The van der Waals surface area contributed by atoms with E-state index in [9.17, 15) is 0 Å². The van der Waals surface area contributed by atoms with Crippen molar-refractivity contribution in [2.45, 2.75) is 25.7 Å². The molecule has 2 rings (SSSR count). The second kappa shape index (κ2) is 2.06. The Kier molecular flexibility index (Phi) is 1.23. The van der Waals surface area contributed by atoms with Crippen LogP contribution in [0, 0.1) is 30.1 Å². The Balaban J connectivity index is 1.95. The van der Waals surface area contributed by atoms with Crippen LogP contribution in [0.4, 0.5) is 0 Å². The molecule has 2 aliphatic carbocycles. The van der Waals surface area contributed by atoms with Crippen LogP contribution in [0.15, 0.2) is 0 Å². The molecule has 2 aliphatic rings. The first-order chi connectivity index (χ1) is 4.47. The Morgan fingerprint density at radius 3 is 2.11 bits per heavy atom. The van der Waals surface area contributed by atoms with Gasteiger partial charge in [-0.15, -0.1) is 11.8 Å². The van der Waals surface area contributed by atoms with E-state index in [0.717, 1.165) is 24.7 Å². The second-order valence-electron chi connectivity index (χ2n) is 2.95. The van der Waals surface area contributed by atoms with Crippen LogP contribution in [-0.4, -0.2) is 0 Å². The highest BCUT2D eigenvalue weighted by molar-refractivity contribution is 5.11. The fourth-order valence-corrected chi connectivity index (χ4v) is 1.53. The zero-order valence-electron chi connectivity index (χ0n) is 5.56. The van der Waals surface area contributed by atoms with Gasteiger partial charge in [0.1, 0.15) is 0 Å². The summed E-state index contributed by atoms with van der Waals surface area (Å²) in [6.07, 6.45) is 7.40. The number of fused-ring (bicyclic) bond motifs is 1. The van der Waals surface area contributed by atoms with E-state index in [1.54, 1.807) is 0 Å². The van der Waals surface area contributed by atoms with E-state index in [2.05, 4.69) is 18.3 Å². The highest BCUT2D eigenvalue weighted by Crippen LogP contribution is 2.44. The minimum absolute atomic E-state index is 0.958. The third-order valence-electron chi connectivity index (χ3n) is 2.23. The molecule has 0 aliphatic heterocycles. The van der Waals surface area contributed by atoms with Crippen LogP contribution >= 0.6 is 0 Å². The monoisotopic (exact) mass is 119 g/mol. The predicted molar refractivity (Wildman–Crippen MR) is 37.5 cm³/mol. The molecule has 0 N–H and O–H groups in total. The van der Waals surface area contributed by atoms with Crippen molar-refractivity contribution >= 4 is 0 Å². The smallest absolute Gasteiger partial charge is 0.00915 e. The van der Waals surface area contributed by atoms with Crippen molar-refractivity contribution in [3.05, 3.63) is 6.42 Å². The lowest BCUT2D eigenvalue weighted by atomic mass is 10.1. The Hall–Kier alpha value is -0.440. The summed E-state index contributed by atoms with van der Waals surface area (Å²) in [6, 6.07) is 0. The third kappa shape index (κ3) is 1.10. The largest absolute Gasteiger partial charge is 0.103 e. The number of hydrogen-bond donors (Lipinski definition) is 0. The van der Waals surface area contributed by atoms with Gasteiger partial charge in [-0.05, 0) is 31.1 Å². The summed E-state index contributed by atoms with van der Waals surface area (Å²) in [5.41, 5.74) is 0. The van der Waals surface area contributed by atoms with E-state index in [-0.39, 0.29) is 0 Å². The highest BCUT2D eigenvalue weighted by atomic mass is 14.4. The van der Waals surface area contributed by atoms with Crippen LogP contribution in [0.25, 0.3) is 0 Å². The van der Waals surface area contributed by atoms with Gasteiger partial charge in [-0.2, -0.15) is 0 Å². The maximum Gasteiger partial charge on any atom is 0.00915 e. The number of rotatable bonds is 0. The Bertz CT molecular complexity index is 143. The molecule has 1 saturated carbocycles. The van der Waals surface area contributed by atoms with E-state index < -0.39 is 0 Å². The van der Waals surface area contributed by atoms with Gasteiger partial charge in [0.25, 0.3) is 0 Å². The summed E-state index contributed by atoms with van der Waals surface area (Å²) < 4.78 is 0. The van der Waals surface area contributed by atoms with E-state index in [0.29, 0.717) is 0 Å². The van der Waals surface area contributed by atoms with Crippen LogP contribution < -0.4 is 0 Å². The van der Waals surface area contributed by atoms with Gasteiger partial charge in [0, 0.05) is 12.8 Å². The topological polar surface area (TPSA) is 0 Å². The molecule has 47 valence electrons. The van der Waals surface area contributed by atoms with Crippen molar-refractivity contribution in [2.75, 3.05) is 0 Å². The van der Waals surface area contributed by atoms with E-state index in [4.69, 9.17) is 0 Å². The first kappa shape index (κ1) is 5.35. The highest BCUT2D eigenvalue weighted by Gasteiger charge is 2.35. The molecular weight excluding hydrogens is 108 g/mol. The lowest BCUT2D eigenvalue weighted by Crippen LogP contribution is -1.85. The van der Waals surface area contributed by atoms with Gasteiger partial charge in [0.15, 0.2) is 0 Å². The second-order valence-corrected chi connectivity index (χ2v) is 2.95. The molecule has 0 spiro atoms. The van der Waals surface area contributed by atoms with Crippen molar-refractivity contribution in [2.24, 2.45) is 11.8 Å². The average Bonchev–Trinajstić information content (AvgIpc) is 2.46. The van der Waals surface area contributed by atoms with Crippen LogP contribution in [0.3, 0.4) is 0 Å². The fourth-order valence-electron chi connectivity index (χ4n) is 1.53. The van der Waals surface area contributed by atoms with Crippen molar-refractivity contribution < 1.29 is 0 Å². The summed E-state index contributed by atoms with van der Waals surface area (Å²) in [4.78, 5) is 0. The molecule has 0 bridgehead atoms. The molecule has 1 radical (unpaired) electrons. The zero-order valence-corrected chi connectivity index (χ0v) is 5.56. The molecule has 0 aromatic heterocycles. The Morgan fingerprint density at radius 2 is 1.56 bits per heavy atom. The molecule has 0 amide bonds. The lowest BCUT2D eigenvalue weighted by molar-refractivity contribution is 0.618. The average molecular weight is 119 g/mol. The molecule has 1 fully saturated rings. The Morgan fingerprint density at radius 1 is 1.00 bits per heavy atom. The standard InChI is InChI=1S/C9H11/c1-2-4-6-9-7-8(9)5-3-1/h7-9H,3-6H2. The maximum atomic E-state index is 3.17. The molecule has 0 nitrogen and oxygen atoms in total. The minimum Gasteiger partial charge on any atom is -0.103 e. The summed E-state index contributed by atoms with van der Waals surface area (Å²) >= 11 is 0. The molecule has 0 aromatic carbocycles. The molecule has 9 heavy (non-hydrogen) atoms. The van der Waals surface area contributed by atoms with Gasteiger partial charge >= 0.3 is 0 Å². The summed E-state index contributed by atoms with van der Waals surface area (Å²) in [7, 11) is 0. The SMILES string of the molecule is C1#CCCC2[CH]C2CC1. The molecule has 0 heterocycles. The summed E-state index contributed by atoms with van der Waals surface area (Å²) in [5, 5.41) is 0. The van der Waals surface area contributed by atoms with Gasteiger partial charge in [0.05, 0.1) is 0 Å². The van der Waals surface area contributed by atoms with E-state index >= 15 is 0 Å². The zero-order chi connectivity index (χ0) is 6.10. The van der Waals surface area contributed by atoms with Crippen LogP contribution in [0.2, 0.25) is 0 Å². The van der Waals surface area contributed by atoms with Gasteiger partial charge in [-0.1, -0.05) is 0 Å². The normalized spacial score (nSPS) is 39.1. The van der Waals surface area contributed by atoms with Gasteiger partial charge in [-0.25, -0.2) is 0 Å². The first-order valence-electron chi connectivity index (χ1n) is 3.77. The molecule has 0 saturated heterocycles. The summed E-state index contributed by atoms with van der Waals surface area (Å²) in [5.74, 6) is 8.26. The van der Waals surface area contributed by atoms with Gasteiger partial charge in [-0.3, -0.25) is 0 Å². The number of hydrogen-bond acceptors (Lipinski definition) is 0. The third-order valence-corrected chi connectivity index (χ3v) is 2.23. The fraction of sp³-hybridized carbons (Fsp3) is 0.667. The van der Waals surface area contributed by atoms with Crippen LogP contribution in [-0.2, 0) is 0 Å². The van der Waals surface area contributed by atoms with Crippen molar-refractivity contribution in [3.8, 4) is 11.8 Å². The quantitative estimate of drug-likeness (QED) is 0.428. The molecule has 2 unspecified atom stereocenters. The lowest BCUT2D eigenvalue weighted by Gasteiger charge is -1.96. The Labute approximate surface area is 56.6 Å². The predicted octanol–water partition coefficient (Wildman–Crippen LogP) is 2.01. The van der Waals surface area contributed by atoms with Crippen molar-refractivity contribution in [3.63, 3.8) is 0 Å². The van der Waals surface area contributed by atoms with Crippen LogP contribution in [0.5, 0.6) is 0 Å². The molecule has 0 aromatic rings. The molecular formula is C9H11. The van der Waals surface area contributed by atoms with E-state index in [1.807, 2.05) is 0 Å². The van der Waals surface area contributed by atoms with Gasteiger partial charge < -0.3 is 0 Å². The first-order valence-corrected chi connectivity index (χ1v) is 3.77. The summed E-state index contributed by atoms with van der Waals surface area (Å²) in [6.45, 7) is 0. The van der Waals surface area contributed by atoms with Crippen molar-refractivity contribution in [1.29, 1.82) is 0 Å². The van der Waals surface area contributed by atoms with Gasteiger partial charge in [0.2, 0.25) is 0 Å². The maximum absolute atomic E-state index is 3.17. The minimum atomic E-state index is 0.958.